The van der Waals surface area contributed by atoms with Gasteiger partial charge in [0.05, 0.1) is 12.6 Å². The average molecular weight is 658 g/mol. The quantitative estimate of drug-likeness (QED) is 0.0354. The van der Waals surface area contributed by atoms with Gasteiger partial charge in [-0.2, -0.15) is 0 Å². The summed E-state index contributed by atoms with van der Waals surface area (Å²) in [6.07, 6.45) is 1.44. The third kappa shape index (κ3) is 15.3. The van der Waals surface area contributed by atoms with Gasteiger partial charge < -0.3 is 54.0 Å². The molecule has 0 aliphatic rings. The number of carboxylic acids is 1. The number of nitrogens with two attached hydrogens (primary N) is 3. The molecule has 13 N–H and O–H groups in total. The van der Waals surface area contributed by atoms with Gasteiger partial charge in [-0.1, -0.05) is 48.0 Å². The van der Waals surface area contributed by atoms with Gasteiger partial charge in [-0.25, -0.2) is 4.79 Å². The predicted octanol–water partition coefficient (Wildman–Crippen LogP) is -2.36. The highest BCUT2D eigenvalue weighted by molar-refractivity contribution is 5.96. The highest BCUT2D eigenvalue weighted by Gasteiger charge is 2.34. The summed E-state index contributed by atoms with van der Waals surface area (Å²) in [5.74, 6) is -5.66. The molecule has 5 amide bonds. The number of nitrogens with one attached hydrogen (secondary N) is 5. The first-order valence-electron chi connectivity index (χ1n) is 15.5. The molecular formula is C29H55N9O8. The third-order valence-corrected chi connectivity index (χ3v) is 7.23. The average Bonchev–Trinajstić information content (AvgIpc) is 2.97. The topological polar surface area (TPSA) is 293 Å². The Morgan fingerprint density at radius 1 is 0.739 bits per heavy atom. The SMILES string of the molecule is CC[C@H](C)[C@H](NC(=O)[C@@H](N)CCCN=C(N)N)C(=O)N[C@H](C(=O)N[C@@H](CC(C)C)C(=O)N[C@@H](C)C(=O)N[C@@H](CO)C(=O)O)C(C)C. The van der Waals surface area contributed by atoms with E-state index in [1.54, 1.807) is 20.8 Å². The van der Waals surface area contributed by atoms with Gasteiger partial charge in [-0.05, 0) is 43.9 Å². The minimum atomic E-state index is -1.55. The van der Waals surface area contributed by atoms with Crippen molar-refractivity contribution in [3.8, 4) is 0 Å². The van der Waals surface area contributed by atoms with E-state index in [1.165, 1.54) is 6.92 Å². The molecule has 0 bridgehead atoms. The van der Waals surface area contributed by atoms with Crippen molar-refractivity contribution in [3.63, 3.8) is 0 Å². The molecule has 0 aromatic heterocycles. The second-order valence-corrected chi connectivity index (χ2v) is 12.2. The highest BCUT2D eigenvalue weighted by atomic mass is 16.4. The van der Waals surface area contributed by atoms with Crippen molar-refractivity contribution < 1.29 is 39.0 Å². The lowest BCUT2D eigenvalue weighted by atomic mass is 9.95. The number of rotatable bonds is 21. The molecule has 0 fully saturated rings. The van der Waals surface area contributed by atoms with Gasteiger partial charge in [-0.3, -0.25) is 29.0 Å². The van der Waals surface area contributed by atoms with Gasteiger partial charge in [0.15, 0.2) is 5.96 Å². The summed E-state index contributed by atoms with van der Waals surface area (Å²) in [4.78, 5) is 80.3. The van der Waals surface area contributed by atoms with Crippen molar-refractivity contribution >= 4 is 41.5 Å². The predicted molar refractivity (Wildman–Crippen MR) is 172 cm³/mol. The Morgan fingerprint density at radius 2 is 1.28 bits per heavy atom. The lowest BCUT2D eigenvalue weighted by Crippen LogP contribution is -2.61. The highest BCUT2D eigenvalue weighted by Crippen LogP contribution is 2.12. The molecule has 0 aromatic rings. The molecule has 0 spiro atoms. The molecule has 0 saturated carbocycles. The number of amides is 5. The molecule has 7 atom stereocenters. The summed E-state index contributed by atoms with van der Waals surface area (Å²) in [5.41, 5.74) is 16.6. The second-order valence-electron chi connectivity index (χ2n) is 12.2. The molecule has 46 heavy (non-hydrogen) atoms. The molecule has 0 unspecified atom stereocenters. The molecule has 17 heteroatoms. The van der Waals surface area contributed by atoms with E-state index >= 15 is 0 Å². The third-order valence-electron chi connectivity index (χ3n) is 7.23. The standard InChI is InChI=1S/C29H55N9O8/c1-8-16(6)22(38-24(41)18(30)10-9-11-33-29(31)32)27(44)37-21(15(4)5)26(43)35-19(12-14(2)3)25(42)34-17(7)23(40)36-20(13-39)28(45)46/h14-22,39H,8-13,30H2,1-7H3,(H,34,42)(H,35,43)(H,36,40)(H,37,44)(H,38,41)(H,45,46)(H4,31,32,33)/t16-,17-,18-,19-,20-,21-,22-/m0/s1. The van der Waals surface area contributed by atoms with Crippen LogP contribution in [0, 0.1) is 17.8 Å². The zero-order valence-corrected chi connectivity index (χ0v) is 28.0. The van der Waals surface area contributed by atoms with Gasteiger partial charge >= 0.3 is 5.97 Å². The summed E-state index contributed by atoms with van der Waals surface area (Å²) in [7, 11) is 0. The van der Waals surface area contributed by atoms with Gasteiger partial charge in [0, 0.05) is 6.54 Å². The lowest BCUT2D eigenvalue weighted by molar-refractivity contribution is -0.143. The van der Waals surface area contributed by atoms with E-state index in [4.69, 9.17) is 27.4 Å². The first kappa shape index (κ1) is 42.0. The summed E-state index contributed by atoms with van der Waals surface area (Å²) in [5, 5.41) is 30.9. The number of hydrogen-bond donors (Lipinski definition) is 10. The second kappa shape index (κ2) is 20.9. The summed E-state index contributed by atoms with van der Waals surface area (Å²) in [6, 6.07) is -6.85. The summed E-state index contributed by atoms with van der Waals surface area (Å²) < 4.78 is 0. The number of aliphatic hydroxyl groups excluding tert-OH is 1. The van der Waals surface area contributed by atoms with E-state index < -0.39 is 84.3 Å². The Kier molecular flexibility index (Phi) is 19.1. The van der Waals surface area contributed by atoms with Crippen molar-refractivity contribution in [2.75, 3.05) is 13.2 Å². The Bertz CT molecular complexity index is 1070. The zero-order valence-electron chi connectivity index (χ0n) is 28.0. The number of aliphatic carboxylic acids is 1. The maximum absolute atomic E-state index is 13.5. The van der Waals surface area contributed by atoms with E-state index in [2.05, 4.69) is 31.6 Å². The molecule has 0 aromatic carbocycles. The zero-order chi connectivity index (χ0) is 35.7. The van der Waals surface area contributed by atoms with Gasteiger partial charge in [-0.15, -0.1) is 0 Å². The number of nitrogens with zero attached hydrogens (tertiary/aromatic N) is 1. The Morgan fingerprint density at radius 3 is 1.76 bits per heavy atom. The number of carboxylic acid groups (broad SMARTS) is 1. The van der Waals surface area contributed by atoms with Crippen molar-refractivity contribution in [3.05, 3.63) is 0 Å². The Balaban J connectivity index is 5.70. The van der Waals surface area contributed by atoms with Crippen LogP contribution >= 0.6 is 0 Å². The molecule has 0 rings (SSSR count). The van der Waals surface area contributed by atoms with Crippen LogP contribution in [0.4, 0.5) is 0 Å². The number of aliphatic imine (C=N–C) groups is 1. The first-order chi connectivity index (χ1) is 21.4. The van der Waals surface area contributed by atoms with E-state index in [0.29, 0.717) is 19.4 Å². The Labute approximate surface area is 270 Å². The van der Waals surface area contributed by atoms with Crippen LogP contribution in [0.25, 0.3) is 0 Å². The fourth-order valence-corrected chi connectivity index (χ4v) is 4.22. The van der Waals surface area contributed by atoms with Crippen LogP contribution < -0.4 is 43.8 Å². The summed E-state index contributed by atoms with van der Waals surface area (Å²) >= 11 is 0. The normalized spacial score (nSPS) is 15.7. The van der Waals surface area contributed by atoms with Crippen LogP contribution in [0.5, 0.6) is 0 Å². The van der Waals surface area contributed by atoms with Crippen molar-refractivity contribution in [2.24, 2.45) is 39.9 Å². The van der Waals surface area contributed by atoms with E-state index in [1.807, 2.05) is 20.8 Å². The van der Waals surface area contributed by atoms with E-state index in [0.717, 1.165) is 0 Å². The Hall–Kier alpha value is -3.99. The van der Waals surface area contributed by atoms with Crippen LogP contribution in [0.3, 0.4) is 0 Å². The molecular weight excluding hydrogens is 602 g/mol. The summed E-state index contributed by atoms with van der Waals surface area (Å²) in [6.45, 7) is 11.5. The van der Waals surface area contributed by atoms with Crippen molar-refractivity contribution in [1.82, 2.24) is 26.6 Å². The minimum Gasteiger partial charge on any atom is -0.480 e. The van der Waals surface area contributed by atoms with Crippen LogP contribution in [-0.2, 0) is 28.8 Å². The fourth-order valence-electron chi connectivity index (χ4n) is 4.22. The molecule has 0 saturated heterocycles. The number of carbonyl (C=O) groups is 6. The minimum absolute atomic E-state index is 0.0632. The van der Waals surface area contributed by atoms with Gasteiger partial charge in [0.2, 0.25) is 29.5 Å². The van der Waals surface area contributed by atoms with Crippen molar-refractivity contribution in [1.29, 1.82) is 0 Å². The molecule has 0 heterocycles. The largest absolute Gasteiger partial charge is 0.480 e. The van der Waals surface area contributed by atoms with Crippen LogP contribution in [0.1, 0.15) is 74.1 Å². The molecule has 264 valence electrons. The van der Waals surface area contributed by atoms with E-state index in [9.17, 15) is 28.8 Å². The maximum Gasteiger partial charge on any atom is 0.328 e. The maximum atomic E-state index is 13.5. The number of guanidine groups is 1. The van der Waals surface area contributed by atoms with Crippen LogP contribution in [0.15, 0.2) is 4.99 Å². The fraction of sp³-hybridized carbons (Fsp3) is 0.759. The van der Waals surface area contributed by atoms with Crippen molar-refractivity contribution in [2.45, 2.75) is 110 Å². The number of carbonyl (C=O) groups excluding carboxylic acids is 5. The molecule has 0 aliphatic carbocycles. The molecule has 0 aliphatic heterocycles. The van der Waals surface area contributed by atoms with E-state index in [-0.39, 0.29) is 30.6 Å². The monoisotopic (exact) mass is 657 g/mol. The molecule has 0 radical (unpaired) electrons. The smallest absolute Gasteiger partial charge is 0.328 e. The van der Waals surface area contributed by atoms with Crippen LogP contribution in [0.2, 0.25) is 0 Å². The number of aliphatic hydroxyl groups is 1. The molecule has 17 nitrogen and oxygen atoms in total. The lowest BCUT2D eigenvalue weighted by Gasteiger charge is -2.30. The van der Waals surface area contributed by atoms with Gasteiger partial charge in [0.1, 0.15) is 30.2 Å². The van der Waals surface area contributed by atoms with Crippen LogP contribution in [-0.4, -0.2) is 101 Å². The first-order valence-corrected chi connectivity index (χ1v) is 15.5. The number of hydrogen-bond acceptors (Lipinski definition) is 9. The van der Waals surface area contributed by atoms with Gasteiger partial charge in [0.25, 0.3) is 0 Å².